The van der Waals surface area contributed by atoms with Crippen LogP contribution in [0.5, 0.6) is 0 Å². The van der Waals surface area contributed by atoms with Crippen molar-refractivity contribution >= 4 is 20.6 Å². The lowest BCUT2D eigenvalue weighted by molar-refractivity contribution is -0.148. The average Bonchev–Trinajstić information content (AvgIpc) is 2.68. The highest BCUT2D eigenvalue weighted by molar-refractivity contribution is 6.63. The van der Waals surface area contributed by atoms with Crippen molar-refractivity contribution in [2.45, 2.75) is 67.4 Å². The highest BCUT2D eigenvalue weighted by Gasteiger charge is 2.56. The van der Waals surface area contributed by atoms with Gasteiger partial charge in [-0.3, -0.25) is 9.59 Å². The molecule has 0 aliphatic rings. The van der Waals surface area contributed by atoms with Crippen LogP contribution in [0.3, 0.4) is 0 Å². The first kappa shape index (κ1) is 27.0. The van der Waals surface area contributed by atoms with Gasteiger partial charge in [-0.05, 0) is 54.9 Å². The summed E-state index contributed by atoms with van der Waals surface area (Å²) < 4.78 is 18.3. The van der Waals surface area contributed by atoms with Gasteiger partial charge in [-0.1, -0.05) is 6.92 Å². The molecule has 0 aromatic heterocycles. The van der Waals surface area contributed by atoms with Crippen molar-refractivity contribution in [3.8, 4) is 0 Å². The van der Waals surface area contributed by atoms with E-state index in [4.69, 9.17) is 13.3 Å². The maximum atomic E-state index is 13.5. The van der Waals surface area contributed by atoms with Crippen LogP contribution in [0.15, 0.2) is 0 Å². The van der Waals surface area contributed by atoms with Crippen LogP contribution in [-0.2, 0) is 22.9 Å². The molecule has 0 N–H and O–H groups in total. The van der Waals surface area contributed by atoms with Crippen molar-refractivity contribution in [3.05, 3.63) is 0 Å². The summed E-state index contributed by atoms with van der Waals surface area (Å²) in [6.07, 6.45) is 0.566. The molecule has 1 atom stereocenters. The summed E-state index contributed by atoms with van der Waals surface area (Å²) in [7, 11) is -3.25. The van der Waals surface area contributed by atoms with Crippen LogP contribution in [0.1, 0.15) is 61.8 Å². The molecule has 7 nitrogen and oxygen atoms in total. The molecule has 0 aromatic rings. The zero-order valence-corrected chi connectivity index (χ0v) is 20.2. The summed E-state index contributed by atoms with van der Waals surface area (Å²) in [5.41, 5.74) is -0.423. The largest absolute Gasteiger partial charge is 0.505 e. The molecule has 0 rings (SSSR count). The Labute approximate surface area is 173 Å². The van der Waals surface area contributed by atoms with Gasteiger partial charge in [0.25, 0.3) is 0 Å². The van der Waals surface area contributed by atoms with Crippen LogP contribution in [0, 0.1) is 5.92 Å². The third-order valence-electron chi connectivity index (χ3n) is 5.02. The summed E-state index contributed by atoms with van der Waals surface area (Å²) >= 11 is 0. The number of carbonyl (C=O) groups excluding carboxylic acids is 2. The van der Waals surface area contributed by atoms with Gasteiger partial charge >= 0.3 is 8.80 Å². The number of hydrogen-bond donors (Lipinski definition) is 0. The Hall–Kier alpha value is -0.963. The summed E-state index contributed by atoms with van der Waals surface area (Å²) in [6.45, 7) is 18.8. The van der Waals surface area contributed by atoms with Gasteiger partial charge in [-0.2, -0.15) is 0 Å². The topological polar surface area (TPSA) is 68.3 Å². The molecular weight excluding hydrogens is 376 g/mol. The monoisotopic (exact) mass is 418 g/mol. The van der Waals surface area contributed by atoms with E-state index in [2.05, 4.69) is 0 Å². The van der Waals surface area contributed by atoms with Crippen molar-refractivity contribution in [1.29, 1.82) is 0 Å². The van der Waals surface area contributed by atoms with E-state index < -0.39 is 20.3 Å². The minimum atomic E-state index is -3.25. The lowest BCUT2D eigenvalue weighted by Crippen LogP contribution is -2.58. The van der Waals surface area contributed by atoms with Crippen LogP contribution in [0.2, 0.25) is 5.54 Å². The second kappa shape index (κ2) is 14.1. The van der Waals surface area contributed by atoms with Crippen molar-refractivity contribution in [2.24, 2.45) is 5.92 Å². The van der Waals surface area contributed by atoms with Gasteiger partial charge in [0.05, 0.1) is 0 Å². The van der Waals surface area contributed by atoms with E-state index >= 15 is 0 Å². The fraction of sp³-hybridized carbons (Fsp3) is 0.900. The van der Waals surface area contributed by atoms with E-state index in [0.717, 1.165) is 0 Å². The lowest BCUT2D eigenvalue weighted by Gasteiger charge is -2.40. The summed E-state index contributed by atoms with van der Waals surface area (Å²) in [4.78, 5) is 30.4. The van der Waals surface area contributed by atoms with Crippen LogP contribution in [0.4, 0.5) is 0 Å². The van der Waals surface area contributed by atoms with Gasteiger partial charge < -0.3 is 23.1 Å². The van der Waals surface area contributed by atoms with Gasteiger partial charge in [0, 0.05) is 51.5 Å². The Morgan fingerprint density at radius 1 is 0.679 bits per heavy atom. The maximum Gasteiger partial charge on any atom is 0.505 e. The molecule has 0 radical (unpaired) electrons. The number of amides is 2. The van der Waals surface area contributed by atoms with Gasteiger partial charge in [0.2, 0.25) is 11.8 Å². The summed E-state index contributed by atoms with van der Waals surface area (Å²) in [6, 6.07) is 0. The van der Waals surface area contributed by atoms with Crippen molar-refractivity contribution < 1.29 is 22.9 Å². The Kier molecular flexibility index (Phi) is 13.6. The van der Waals surface area contributed by atoms with Crippen molar-refractivity contribution in [3.63, 3.8) is 0 Å². The van der Waals surface area contributed by atoms with Crippen LogP contribution in [-0.4, -0.2) is 76.4 Å². The van der Waals surface area contributed by atoms with Crippen LogP contribution >= 0.6 is 0 Å². The molecule has 1 unspecified atom stereocenters. The summed E-state index contributed by atoms with van der Waals surface area (Å²) in [5, 5.41) is 0. The SMILES string of the molecule is CCO[Si](OCC)(OCC)C(CC)C(C(=O)N(CC)CC)C(=O)N(CC)CC. The highest BCUT2D eigenvalue weighted by Crippen LogP contribution is 2.38. The standard InChI is InChI=1S/C20H42N2O5Si/c1-9-17(28(25-14-6,26-15-7)27-16-8)18(19(23)21(10-2)11-3)20(24)22(12-4)13-5/h17-18H,9-16H2,1-8H3. The molecule has 0 spiro atoms. The van der Waals surface area contributed by atoms with Crippen molar-refractivity contribution in [1.82, 2.24) is 9.80 Å². The molecule has 0 fully saturated rings. The molecule has 0 aromatic carbocycles. The van der Waals surface area contributed by atoms with Crippen LogP contribution < -0.4 is 0 Å². The van der Waals surface area contributed by atoms with Gasteiger partial charge in [-0.15, -0.1) is 0 Å². The minimum Gasteiger partial charge on any atom is -0.374 e. The molecule has 0 bridgehead atoms. The second-order valence-electron chi connectivity index (χ2n) is 6.42. The van der Waals surface area contributed by atoms with E-state index in [9.17, 15) is 9.59 Å². The average molecular weight is 419 g/mol. The van der Waals surface area contributed by atoms with Gasteiger partial charge in [-0.25, -0.2) is 0 Å². The smallest absolute Gasteiger partial charge is 0.374 e. The Balaban J connectivity index is 6.41. The first-order valence-corrected chi connectivity index (χ1v) is 12.7. The van der Waals surface area contributed by atoms with Gasteiger partial charge in [0.15, 0.2) is 0 Å². The number of nitrogens with zero attached hydrogens (tertiary/aromatic N) is 2. The molecule has 0 saturated carbocycles. The molecule has 8 heteroatoms. The third-order valence-corrected chi connectivity index (χ3v) is 8.74. The maximum absolute atomic E-state index is 13.5. The molecule has 166 valence electrons. The van der Waals surface area contributed by atoms with Crippen LogP contribution in [0.25, 0.3) is 0 Å². The third kappa shape index (κ3) is 6.54. The predicted molar refractivity (Wildman–Crippen MR) is 114 cm³/mol. The first-order valence-electron chi connectivity index (χ1n) is 10.9. The molecule has 0 aliphatic heterocycles. The first-order chi connectivity index (χ1) is 13.4. The molecule has 0 saturated heterocycles. The lowest BCUT2D eigenvalue weighted by atomic mass is 9.98. The minimum absolute atomic E-state index is 0.162. The second-order valence-corrected chi connectivity index (χ2v) is 9.23. The number of rotatable bonds is 15. The van der Waals surface area contributed by atoms with Gasteiger partial charge in [0.1, 0.15) is 5.92 Å². The molecule has 0 heterocycles. The summed E-state index contributed by atoms with van der Waals surface area (Å²) in [5.74, 6) is -1.18. The zero-order valence-electron chi connectivity index (χ0n) is 19.2. The Bertz CT molecular complexity index is 415. The Morgan fingerprint density at radius 2 is 1.00 bits per heavy atom. The highest BCUT2D eigenvalue weighted by atomic mass is 28.4. The van der Waals surface area contributed by atoms with E-state index in [1.807, 2.05) is 55.4 Å². The van der Waals surface area contributed by atoms with E-state index in [1.165, 1.54) is 0 Å². The number of carbonyl (C=O) groups is 2. The number of hydrogen-bond acceptors (Lipinski definition) is 5. The fourth-order valence-electron chi connectivity index (χ4n) is 3.65. The van der Waals surface area contributed by atoms with E-state index in [-0.39, 0.29) is 11.8 Å². The Morgan fingerprint density at radius 3 is 1.21 bits per heavy atom. The zero-order chi connectivity index (χ0) is 21.7. The molecule has 0 aliphatic carbocycles. The molecule has 28 heavy (non-hydrogen) atoms. The normalized spacial score (nSPS) is 12.9. The fourth-order valence-corrected chi connectivity index (χ4v) is 6.95. The molecule has 2 amide bonds. The quantitative estimate of drug-likeness (QED) is 0.302. The van der Waals surface area contributed by atoms with E-state index in [1.54, 1.807) is 9.80 Å². The van der Waals surface area contributed by atoms with E-state index in [0.29, 0.717) is 52.4 Å². The van der Waals surface area contributed by atoms with Crippen molar-refractivity contribution in [2.75, 3.05) is 46.0 Å². The molecular formula is C20H42N2O5Si. The predicted octanol–water partition coefficient (Wildman–Crippen LogP) is 3.17.